The molecular weight excluding hydrogens is 380 g/mol. The molecule has 164 valence electrons. The molecule has 2 rings (SSSR count). The summed E-state index contributed by atoms with van der Waals surface area (Å²) < 4.78 is 0. The molecule has 0 fully saturated rings. The number of nitrogens with zero attached hydrogens (tertiary/aromatic N) is 1. The van der Waals surface area contributed by atoms with E-state index in [4.69, 9.17) is 0 Å². The molecule has 0 saturated heterocycles. The molecule has 3 amide bonds. The smallest absolute Gasteiger partial charge is 0.243 e. The zero-order valence-electron chi connectivity index (χ0n) is 18.2. The summed E-state index contributed by atoms with van der Waals surface area (Å²) in [5.41, 5.74) is 0.951. The molecule has 3 N–H and O–H groups in total. The van der Waals surface area contributed by atoms with E-state index in [2.05, 4.69) is 20.9 Å². The molecule has 0 spiro atoms. The summed E-state index contributed by atoms with van der Waals surface area (Å²) in [6.07, 6.45) is 5.52. The average molecular weight is 415 g/mol. The minimum atomic E-state index is -0.736. The van der Waals surface area contributed by atoms with Gasteiger partial charge in [0.05, 0.1) is 6.04 Å². The first-order chi connectivity index (χ1) is 14.3. The van der Waals surface area contributed by atoms with Crippen molar-refractivity contribution < 1.29 is 14.4 Å². The lowest BCUT2D eigenvalue weighted by molar-refractivity contribution is -0.132. The van der Waals surface area contributed by atoms with Crippen molar-refractivity contribution in [1.82, 2.24) is 16.0 Å². The summed E-state index contributed by atoms with van der Waals surface area (Å²) in [6, 6.07) is 8.04. The van der Waals surface area contributed by atoms with E-state index in [0.29, 0.717) is 12.8 Å². The Balaban J connectivity index is 2.13. The van der Waals surface area contributed by atoms with Crippen molar-refractivity contribution in [3.63, 3.8) is 0 Å². The van der Waals surface area contributed by atoms with E-state index in [1.807, 2.05) is 44.2 Å². The molecule has 7 heteroatoms. The molecule has 30 heavy (non-hydrogen) atoms. The van der Waals surface area contributed by atoms with Gasteiger partial charge < -0.3 is 16.0 Å². The largest absolute Gasteiger partial charge is 0.347 e. The second kappa shape index (κ2) is 12.1. The number of aliphatic imine (C=N–C) groups is 1. The highest BCUT2D eigenvalue weighted by Gasteiger charge is 2.28. The van der Waals surface area contributed by atoms with Crippen molar-refractivity contribution in [2.75, 3.05) is 6.54 Å². The monoisotopic (exact) mass is 414 g/mol. The quantitative estimate of drug-likeness (QED) is 0.576. The summed E-state index contributed by atoms with van der Waals surface area (Å²) >= 11 is 0. The molecular formula is C23H34N4O3. The Labute approximate surface area is 179 Å². The minimum Gasteiger partial charge on any atom is -0.347 e. The van der Waals surface area contributed by atoms with Gasteiger partial charge in [0.15, 0.2) is 0 Å². The Bertz CT molecular complexity index is 733. The third-order valence-electron chi connectivity index (χ3n) is 4.98. The summed E-state index contributed by atoms with van der Waals surface area (Å²) in [6.45, 7) is 6.15. The van der Waals surface area contributed by atoms with Crippen LogP contribution in [0.2, 0.25) is 0 Å². The normalized spacial score (nSPS) is 18.2. The molecule has 0 saturated carbocycles. The van der Waals surface area contributed by atoms with E-state index in [9.17, 15) is 14.4 Å². The summed E-state index contributed by atoms with van der Waals surface area (Å²) in [5.74, 6) is -0.632. The number of nitrogens with one attached hydrogen (secondary N) is 3. The highest BCUT2D eigenvalue weighted by Crippen LogP contribution is 2.09. The van der Waals surface area contributed by atoms with Gasteiger partial charge in [0.25, 0.3) is 0 Å². The van der Waals surface area contributed by atoms with E-state index >= 15 is 0 Å². The van der Waals surface area contributed by atoms with E-state index in [1.54, 1.807) is 6.21 Å². The van der Waals surface area contributed by atoms with Crippen LogP contribution in [0.1, 0.15) is 52.0 Å². The summed E-state index contributed by atoms with van der Waals surface area (Å²) in [5, 5.41) is 8.59. The topological polar surface area (TPSA) is 99.7 Å². The van der Waals surface area contributed by atoms with E-state index < -0.39 is 12.1 Å². The van der Waals surface area contributed by atoms with Crippen molar-refractivity contribution in [3.8, 4) is 0 Å². The van der Waals surface area contributed by atoms with Crippen molar-refractivity contribution in [3.05, 3.63) is 35.9 Å². The molecule has 0 aromatic heterocycles. The standard InChI is InChI=1S/C23H34N4O3/c1-16(2)13-20(25-17(3)28)23(30)27-21(14-18-9-5-4-6-10-18)22(29)26-19-11-7-8-12-24-15-19/h4-6,9-10,15-16,19-21H,7-8,11-14H2,1-3H3,(H,25,28)(H,26,29)(H,27,30)/t19-,20-,21-/m0/s1. The lowest BCUT2D eigenvalue weighted by Gasteiger charge is -2.25. The van der Waals surface area contributed by atoms with Crippen LogP contribution in [-0.2, 0) is 20.8 Å². The van der Waals surface area contributed by atoms with Crippen LogP contribution >= 0.6 is 0 Å². The Morgan fingerprint density at radius 1 is 1.03 bits per heavy atom. The highest BCUT2D eigenvalue weighted by atomic mass is 16.2. The number of carbonyl (C=O) groups is 3. The molecule has 1 aromatic carbocycles. The minimum absolute atomic E-state index is 0.128. The second-order valence-electron chi connectivity index (χ2n) is 8.30. The lowest BCUT2D eigenvalue weighted by Crippen LogP contribution is -2.55. The highest BCUT2D eigenvalue weighted by molar-refractivity contribution is 5.92. The zero-order valence-corrected chi connectivity index (χ0v) is 18.2. The Kier molecular flexibility index (Phi) is 9.51. The van der Waals surface area contributed by atoms with Gasteiger partial charge >= 0.3 is 0 Å². The maximum absolute atomic E-state index is 13.1. The number of rotatable bonds is 9. The molecule has 3 atom stereocenters. The van der Waals surface area contributed by atoms with Gasteiger partial charge in [-0.25, -0.2) is 0 Å². The van der Waals surface area contributed by atoms with Gasteiger partial charge in [0, 0.05) is 26.1 Å². The average Bonchev–Trinajstić information content (AvgIpc) is 2.95. The van der Waals surface area contributed by atoms with Crippen molar-refractivity contribution >= 4 is 23.9 Å². The van der Waals surface area contributed by atoms with Crippen LogP contribution in [0.25, 0.3) is 0 Å². The Morgan fingerprint density at radius 2 is 1.77 bits per heavy atom. The second-order valence-corrected chi connectivity index (χ2v) is 8.30. The van der Waals surface area contributed by atoms with E-state index in [0.717, 1.165) is 31.4 Å². The lowest BCUT2D eigenvalue weighted by atomic mass is 10.0. The van der Waals surface area contributed by atoms with Crippen LogP contribution < -0.4 is 16.0 Å². The third kappa shape index (κ3) is 8.35. The van der Waals surface area contributed by atoms with Crippen LogP contribution in [0.4, 0.5) is 0 Å². The predicted molar refractivity (Wildman–Crippen MR) is 118 cm³/mol. The molecule has 0 unspecified atom stereocenters. The van der Waals surface area contributed by atoms with Gasteiger partial charge in [0.1, 0.15) is 12.1 Å². The maximum atomic E-state index is 13.1. The number of hydrogen-bond acceptors (Lipinski definition) is 4. The third-order valence-corrected chi connectivity index (χ3v) is 4.98. The molecule has 0 aliphatic carbocycles. The number of benzene rings is 1. The number of hydrogen-bond donors (Lipinski definition) is 3. The van der Waals surface area contributed by atoms with Crippen molar-refractivity contribution in [2.24, 2.45) is 10.9 Å². The number of carbonyl (C=O) groups excluding carboxylic acids is 3. The number of amides is 3. The van der Waals surface area contributed by atoms with Crippen LogP contribution in [0.5, 0.6) is 0 Å². The fourth-order valence-corrected chi connectivity index (χ4v) is 3.52. The fraction of sp³-hybridized carbons (Fsp3) is 0.565. The molecule has 0 bridgehead atoms. The first-order valence-corrected chi connectivity index (χ1v) is 10.8. The van der Waals surface area contributed by atoms with Gasteiger partial charge in [-0.3, -0.25) is 19.4 Å². The molecule has 1 aromatic rings. The summed E-state index contributed by atoms with van der Waals surface area (Å²) in [7, 11) is 0. The van der Waals surface area contributed by atoms with Crippen LogP contribution in [-0.4, -0.2) is 48.6 Å². The molecule has 1 aliphatic heterocycles. The predicted octanol–water partition coefficient (Wildman–Crippen LogP) is 2.00. The van der Waals surface area contributed by atoms with Gasteiger partial charge in [-0.1, -0.05) is 44.2 Å². The molecule has 1 aliphatic rings. The van der Waals surface area contributed by atoms with E-state index in [1.165, 1.54) is 6.92 Å². The Hall–Kier alpha value is -2.70. The molecule has 7 nitrogen and oxygen atoms in total. The fourth-order valence-electron chi connectivity index (χ4n) is 3.52. The van der Waals surface area contributed by atoms with E-state index in [-0.39, 0.29) is 29.7 Å². The SMILES string of the molecule is CC(=O)N[C@@H](CC(C)C)C(=O)N[C@@H](Cc1ccccc1)C(=O)N[C@@H]1C=NCCCC1. The molecule has 1 heterocycles. The maximum Gasteiger partial charge on any atom is 0.243 e. The van der Waals surface area contributed by atoms with Crippen LogP contribution in [0.15, 0.2) is 35.3 Å². The Morgan fingerprint density at radius 3 is 2.43 bits per heavy atom. The van der Waals surface area contributed by atoms with Crippen LogP contribution in [0, 0.1) is 5.92 Å². The zero-order chi connectivity index (χ0) is 21.9. The first-order valence-electron chi connectivity index (χ1n) is 10.8. The van der Waals surface area contributed by atoms with Crippen molar-refractivity contribution in [2.45, 2.75) is 71.0 Å². The first kappa shape index (κ1) is 23.6. The van der Waals surface area contributed by atoms with Crippen molar-refractivity contribution in [1.29, 1.82) is 0 Å². The molecule has 0 radical (unpaired) electrons. The summed E-state index contributed by atoms with van der Waals surface area (Å²) in [4.78, 5) is 41.9. The van der Waals surface area contributed by atoms with Gasteiger partial charge in [-0.2, -0.15) is 0 Å². The van der Waals surface area contributed by atoms with Gasteiger partial charge in [-0.05, 0) is 37.2 Å². The van der Waals surface area contributed by atoms with Gasteiger partial charge in [-0.15, -0.1) is 0 Å². The van der Waals surface area contributed by atoms with Gasteiger partial charge in [0.2, 0.25) is 17.7 Å². The van der Waals surface area contributed by atoms with Crippen LogP contribution in [0.3, 0.4) is 0 Å².